The van der Waals surface area contributed by atoms with E-state index in [0.717, 1.165) is 13.0 Å². The number of aliphatic carboxylic acids is 1. The molecule has 1 heterocycles. The Morgan fingerprint density at radius 3 is 2.48 bits per heavy atom. The normalized spacial score (nSPS) is 28.4. The molecule has 4 atom stereocenters. The van der Waals surface area contributed by atoms with Crippen molar-refractivity contribution in [2.24, 2.45) is 5.92 Å². The number of rotatable bonds is 6. The van der Waals surface area contributed by atoms with Gasteiger partial charge in [0.1, 0.15) is 18.2 Å². The van der Waals surface area contributed by atoms with E-state index in [1.54, 1.807) is 0 Å². The molecule has 0 bridgehead atoms. The first-order valence-corrected chi connectivity index (χ1v) is 8.33. The highest BCUT2D eigenvalue weighted by atomic mass is 19.4. The van der Waals surface area contributed by atoms with E-state index in [1.807, 2.05) is 0 Å². The number of hydrogen-bond donors (Lipinski definition) is 1. The first-order chi connectivity index (χ1) is 12.5. The fraction of sp³-hybridized carbons (Fsp3) is 0.611. The lowest BCUT2D eigenvalue weighted by Crippen LogP contribution is -2.47. The van der Waals surface area contributed by atoms with Gasteiger partial charge < -0.3 is 19.3 Å². The molecule has 5 nitrogen and oxygen atoms in total. The molecule has 0 aromatic heterocycles. The van der Waals surface area contributed by atoms with Gasteiger partial charge in [-0.05, 0) is 19.9 Å². The Morgan fingerprint density at radius 1 is 1.33 bits per heavy atom. The zero-order valence-corrected chi connectivity index (χ0v) is 15.4. The number of benzene rings is 1. The predicted octanol–water partition coefficient (Wildman–Crippen LogP) is 3.68. The summed E-state index contributed by atoms with van der Waals surface area (Å²) in [6.45, 7) is 3.73. The molecule has 27 heavy (non-hydrogen) atoms. The highest BCUT2D eigenvalue weighted by Crippen LogP contribution is 2.54. The Bertz CT molecular complexity index is 706. The molecule has 1 aromatic rings. The summed E-state index contributed by atoms with van der Waals surface area (Å²) in [6.07, 6.45) is -6.53. The van der Waals surface area contributed by atoms with Gasteiger partial charge in [-0.15, -0.1) is 0 Å². The molecular weight excluding hydrogens is 372 g/mol. The lowest BCUT2D eigenvalue weighted by Gasteiger charge is -2.32. The van der Waals surface area contributed by atoms with Gasteiger partial charge >= 0.3 is 12.1 Å². The molecule has 2 rings (SSSR count). The fourth-order valence-corrected chi connectivity index (χ4v) is 3.38. The van der Waals surface area contributed by atoms with Crippen molar-refractivity contribution in [3.63, 3.8) is 0 Å². The average Bonchev–Trinajstić information content (AvgIpc) is 2.85. The molecule has 2 unspecified atom stereocenters. The van der Waals surface area contributed by atoms with E-state index in [-0.39, 0.29) is 30.1 Å². The van der Waals surface area contributed by atoms with Gasteiger partial charge in [-0.25, -0.2) is 9.18 Å². The molecule has 1 aliphatic heterocycles. The van der Waals surface area contributed by atoms with Crippen LogP contribution in [0.5, 0.6) is 5.75 Å². The van der Waals surface area contributed by atoms with Crippen LogP contribution in [0.3, 0.4) is 0 Å². The molecule has 1 aliphatic rings. The van der Waals surface area contributed by atoms with Gasteiger partial charge in [-0.2, -0.15) is 13.2 Å². The van der Waals surface area contributed by atoms with Crippen LogP contribution in [0.4, 0.5) is 17.6 Å². The second kappa shape index (κ2) is 7.63. The highest BCUT2D eigenvalue weighted by Gasteiger charge is 2.66. The number of methoxy groups -OCH3 is 1. The summed E-state index contributed by atoms with van der Waals surface area (Å²) in [5, 5.41) is 9.46. The van der Waals surface area contributed by atoms with Crippen molar-refractivity contribution in [1.29, 1.82) is 0 Å². The maximum atomic E-state index is 14.0. The molecule has 0 saturated carbocycles. The van der Waals surface area contributed by atoms with E-state index in [9.17, 15) is 27.5 Å². The molecule has 9 heteroatoms. The monoisotopic (exact) mass is 394 g/mol. The van der Waals surface area contributed by atoms with Crippen LogP contribution in [-0.4, -0.2) is 49.3 Å². The first-order valence-electron chi connectivity index (χ1n) is 8.33. The Balaban J connectivity index is 2.57. The topological polar surface area (TPSA) is 65.0 Å². The van der Waals surface area contributed by atoms with Crippen molar-refractivity contribution >= 4 is 5.97 Å². The van der Waals surface area contributed by atoms with E-state index < -0.39 is 41.5 Å². The molecule has 1 aromatic carbocycles. The van der Waals surface area contributed by atoms with Crippen molar-refractivity contribution in [3.05, 3.63) is 29.1 Å². The minimum absolute atomic E-state index is 0.0187. The Kier molecular flexibility index (Phi) is 6.06. The van der Waals surface area contributed by atoms with Gasteiger partial charge in [0.2, 0.25) is 0 Å². The van der Waals surface area contributed by atoms with E-state index in [1.165, 1.54) is 27.0 Å². The fourth-order valence-electron chi connectivity index (χ4n) is 3.38. The molecule has 152 valence electrons. The third-order valence-corrected chi connectivity index (χ3v) is 5.18. The second-order valence-electron chi connectivity index (χ2n) is 6.73. The van der Waals surface area contributed by atoms with Gasteiger partial charge in [0.05, 0.1) is 6.61 Å². The average molecular weight is 394 g/mol. The summed E-state index contributed by atoms with van der Waals surface area (Å²) >= 11 is 0. The maximum absolute atomic E-state index is 14.0. The van der Waals surface area contributed by atoms with Crippen LogP contribution in [0.1, 0.15) is 30.9 Å². The Labute approximate surface area is 154 Å². The largest absolute Gasteiger partial charge is 0.491 e. The number of carboxylic acid groups (broad SMARTS) is 1. The van der Waals surface area contributed by atoms with E-state index in [0.29, 0.717) is 0 Å². The molecule has 0 aliphatic carbocycles. The molecule has 0 spiro atoms. The van der Waals surface area contributed by atoms with Crippen LogP contribution in [0.15, 0.2) is 12.1 Å². The summed E-state index contributed by atoms with van der Waals surface area (Å²) in [5.41, 5.74) is -2.41. The number of carbonyl (C=O) groups is 1. The Morgan fingerprint density at radius 2 is 1.96 bits per heavy atom. The number of carboxylic acids is 1. The number of alkyl halides is 3. The smallest absolute Gasteiger partial charge is 0.417 e. The third-order valence-electron chi connectivity index (χ3n) is 5.18. The van der Waals surface area contributed by atoms with Crippen molar-refractivity contribution in [1.82, 2.24) is 0 Å². The van der Waals surface area contributed by atoms with E-state index >= 15 is 0 Å². The first kappa shape index (κ1) is 21.4. The van der Waals surface area contributed by atoms with Gasteiger partial charge in [-0.3, -0.25) is 0 Å². The zero-order valence-electron chi connectivity index (χ0n) is 15.4. The number of halogens is 4. The van der Waals surface area contributed by atoms with Crippen LogP contribution in [-0.2, 0) is 14.3 Å². The second-order valence-corrected chi connectivity index (χ2v) is 6.73. The van der Waals surface area contributed by atoms with Crippen molar-refractivity contribution in [3.8, 4) is 5.75 Å². The zero-order chi connectivity index (χ0) is 20.6. The summed E-state index contributed by atoms with van der Waals surface area (Å²) in [5.74, 6) is -4.53. The molecule has 1 N–H and O–H groups in total. The minimum atomic E-state index is -4.78. The van der Waals surface area contributed by atoms with Gasteiger partial charge in [0, 0.05) is 30.1 Å². The predicted molar refractivity (Wildman–Crippen MR) is 87.4 cm³/mol. The van der Waals surface area contributed by atoms with Crippen molar-refractivity contribution in [2.75, 3.05) is 20.3 Å². The van der Waals surface area contributed by atoms with Crippen LogP contribution in [0.25, 0.3) is 0 Å². The van der Waals surface area contributed by atoms with Crippen molar-refractivity contribution < 1.29 is 41.7 Å². The molecule has 0 amide bonds. The summed E-state index contributed by atoms with van der Waals surface area (Å²) in [4.78, 5) is 11.6. The maximum Gasteiger partial charge on any atom is 0.417 e. The summed E-state index contributed by atoms with van der Waals surface area (Å²) in [6, 6.07) is 2.34. The van der Waals surface area contributed by atoms with Crippen LogP contribution < -0.4 is 4.74 Å². The van der Waals surface area contributed by atoms with E-state index in [2.05, 4.69) is 0 Å². The van der Waals surface area contributed by atoms with Gasteiger partial charge in [0.15, 0.2) is 11.7 Å². The van der Waals surface area contributed by atoms with Crippen molar-refractivity contribution in [2.45, 2.75) is 44.6 Å². The number of hydrogen-bond acceptors (Lipinski definition) is 4. The van der Waals surface area contributed by atoms with Gasteiger partial charge in [-0.1, -0.05) is 13.0 Å². The number of ether oxygens (including phenoxy) is 3. The molecule has 0 radical (unpaired) electrons. The minimum Gasteiger partial charge on any atom is -0.491 e. The highest BCUT2D eigenvalue weighted by molar-refractivity contribution is 5.75. The van der Waals surface area contributed by atoms with Crippen LogP contribution in [0, 0.1) is 18.7 Å². The lowest BCUT2D eigenvalue weighted by atomic mass is 9.76. The molecule has 1 saturated heterocycles. The van der Waals surface area contributed by atoms with Gasteiger partial charge in [0.25, 0.3) is 0 Å². The quantitative estimate of drug-likeness (QED) is 0.589. The molecular formula is C18H22F4O5. The SMILES string of the molecule is COCCOc1c(C2C(C(=O)O)O[C@@](C)(C(F)(F)F)[C@H]2C)ccc(F)c1C. The third kappa shape index (κ3) is 3.75. The molecule has 1 fully saturated rings. The van der Waals surface area contributed by atoms with E-state index in [4.69, 9.17) is 14.2 Å². The summed E-state index contributed by atoms with van der Waals surface area (Å²) in [7, 11) is 1.44. The van der Waals surface area contributed by atoms with Crippen LogP contribution in [0.2, 0.25) is 0 Å². The Hall–Kier alpha value is -1.87. The summed E-state index contributed by atoms with van der Waals surface area (Å²) < 4.78 is 70.2. The standard InChI is InChI=1S/C18H22F4O5/c1-9-12(19)6-5-11(14(9)26-8-7-25-4)13-10(2)17(3,18(20,21)22)27-15(13)16(23)24/h5-6,10,13,15H,7-8H2,1-4H3,(H,23,24)/t10-,13?,15?,17+/m0/s1. The van der Waals surface area contributed by atoms with Crippen LogP contribution >= 0.6 is 0 Å². The lowest BCUT2D eigenvalue weighted by molar-refractivity contribution is -0.273.